The number of fused-ring (bicyclic) bond motifs is 4. The van der Waals surface area contributed by atoms with Crippen molar-refractivity contribution in [3.05, 3.63) is 100 Å². The fourth-order valence-electron chi connectivity index (χ4n) is 8.09. The lowest BCUT2D eigenvalue weighted by molar-refractivity contribution is -0.143. The average Bonchev–Trinajstić information content (AvgIpc) is 3.69. The van der Waals surface area contributed by atoms with Crippen LogP contribution in [0.4, 0.5) is 10.1 Å². The van der Waals surface area contributed by atoms with E-state index in [4.69, 9.17) is 16.0 Å². The number of hydrazine groups is 1. The minimum Gasteiger partial charge on any atom is -0.481 e. The molecule has 2 aliphatic heterocycles. The molecule has 3 fully saturated rings. The van der Waals surface area contributed by atoms with Gasteiger partial charge in [0.2, 0.25) is 11.8 Å². The number of hydrogen-bond donors (Lipinski definition) is 3. The molecule has 3 aromatic rings. The smallest absolute Gasteiger partial charge is 0.305 e. The van der Waals surface area contributed by atoms with E-state index >= 15 is 0 Å². The Bertz CT molecular complexity index is 1840. The number of aliphatic carboxylic acids is 1. The highest BCUT2D eigenvalue weighted by Gasteiger charge is 2.71. The first kappa shape index (κ1) is 30.8. The molecule has 1 aromatic heterocycles. The van der Waals surface area contributed by atoms with Gasteiger partial charge in [0, 0.05) is 11.6 Å². The quantitative estimate of drug-likeness (QED) is 0.240. The Morgan fingerprint density at radius 2 is 1.70 bits per heavy atom. The molecule has 242 valence electrons. The number of nitrogens with zero attached hydrogens (tertiary/aromatic N) is 2. The van der Waals surface area contributed by atoms with Gasteiger partial charge in [0.05, 0.1) is 35.8 Å². The van der Waals surface area contributed by atoms with Gasteiger partial charge in [-0.2, -0.15) is 5.01 Å². The van der Waals surface area contributed by atoms with Crippen LogP contribution in [-0.4, -0.2) is 56.3 Å². The number of carboxylic acid groups (broad SMARTS) is 1. The normalized spacial score (nSPS) is 28.2. The molecule has 1 saturated carbocycles. The molecule has 0 bridgehead atoms. The Morgan fingerprint density at radius 3 is 2.36 bits per heavy atom. The van der Waals surface area contributed by atoms with E-state index in [9.17, 15) is 38.6 Å². The fraction of sp³-hybridized carbons (Fsp3) is 0.324. The number of likely N-dealkylation sites (tertiary alicyclic amines) is 1. The van der Waals surface area contributed by atoms with Gasteiger partial charge in [-0.15, -0.1) is 0 Å². The predicted octanol–water partition coefficient (Wildman–Crippen LogP) is 4.02. The number of imide groups is 2. The minimum absolute atomic E-state index is 0.0255. The Labute approximate surface area is 272 Å². The standard InChI is InChI=1S/C34H29ClFN3O8/c35-18-3-1-17(2-4-18)34-25(31(44)39(33(34)46)37-20-7-5-19(36)6-8-20)15-24-22(29(34)26-12-9-21(16-40)47-26)10-11-23-28(24)32(45)38(30(23)43)14-13-27(41)42/h1-10,12,23-25,28-29,37,40H,11,13-16H2,(H,41,42). The van der Waals surface area contributed by atoms with E-state index < -0.39 is 83.4 Å². The summed E-state index contributed by atoms with van der Waals surface area (Å²) in [5, 5.41) is 20.5. The summed E-state index contributed by atoms with van der Waals surface area (Å²) in [4.78, 5) is 69.0. The van der Waals surface area contributed by atoms with Crippen LogP contribution in [0.3, 0.4) is 0 Å². The number of allylic oxidation sites excluding steroid dienone is 2. The molecule has 4 aliphatic rings. The summed E-state index contributed by atoms with van der Waals surface area (Å²) in [6.07, 6.45) is 1.62. The third-order valence-electron chi connectivity index (χ3n) is 10.0. The molecule has 3 heterocycles. The molecule has 0 spiro atoms. The van der Waals surface area contributed by atoms with Crippen molar-refractivity contribution in [2.45, 2.75) is 37.2 Å². The van der Waals surface area contributed by atoms with Gasteiger partial charge >= 0.3 is 5.97 Å². The summed E-state index contributed by atoms with van der Waals surface area (Å²) >= 11 is 6.27. The van der Waals surface area contributed by atoms with Crippen LogP contribution in [0.2, 0.25) is 5.02 Å². The van der Waals surface area contributed by atoms with Crippen molar-refractivity contribution >= 4 is 46.9 Å². The van der Waals surface area contributed by atoms with Crippen LogP contribution in [0.1, 0.15) is 42.3 Å². The molecule has 47 heavy (non-hydrogen) atoms. The number of halogens is 2. The molecule has 4 amide bonds. The highest BCUT2D eigenvalue weighted by atomic mass is 35.5. The third kappa shape index (κ3) is 4.69. The van der Waals surface area contributed by atoms with Crippen LogP contribution in [0.15, 0.2) is 76.7 Å². The molecule has 3 N–H and O–H groups in total. The monoisotopic (exact) mass is 661 g/mol. The second-order valence-corrected chi connectivity index (χ2v) is 12.7. The zero-order chi connectivity index (χ0) is 33.2. The number of amides is 4. The van der Waals surface area contributed by atoms with Crippen molar-refractivity contribution in [2.75, 3.05) is 12.0 Å². The zero-order valence-electron chi connectivity index (χ0n) is 24.8. The molecule has 2 aromatic carbocycles. The van der Waals surface area contributed by atoms with Gasteiger partial charge in [-0.05, 0) is 72.9 Å². The molecule has 13 heteroatoms. The van der Waals surface area contributed by atoms with E-state index in [0.29, 0.717) is 16.2 Å². The molecule has 2 saturated heterocycles. The van der Waals surface area contributed by atoms with Gasteiger partial charge in [-0.25, -0.2) is 4.39 Å². The highest BCUT2D eigenvalue weighted by molar-refractivity contribution is 6.30. The van der Waals surface area contributed by atoms with Crippen molar-refractivity contribution in [2.24, 2.45) is 23.7 Å². The van der Waals surface area contributed by atoms with E-state index in [1.165, 1.54) is 24.3 Å². The molecule has 6 atom stereocenters. The number of furan rings is 1. The molecule has 11 nitrogen and oxygen atoms in total. The van der Waals surface area contributed by atoms with Crippen LogP contribution < -0.4 is 5.43 Å². The topological polar surface area (TPSA) is 157 Å². The van der Waals surface area contributed by atoms with E-state index in [0.717, 1.165) is 9.91 Å². The first-order valence-electron chi connectivity index (χ1n) is 15.2. The van der Waals surface area contributed by atoms with E-state index in [1.807, 2.05) is 6.08 Å². The minimum atomic E-state index is -1.61. The number of nitrogens with one attached hydrogen (secondary N) is 1. The number of aliphatic hydroxyl groups is 1. The van der Waals surface area contributed by atoms with Crippen LogP contribution in [0.5, 0.6) is 0 Å². The van der Waals surface area contributed by atoms with E-state index in [2.05, 4.69) is 5.43 Å². The Balaban J connectivity index is 1.41. The molecular weight excluding hydrogens is 633 g/mol. The number of aliphatic hydroxyl groups excluding tert-OH is 1. The number of hydrogen-bond acceptors (Lipinski definition) is 8. The molecule has 6 unspecified atom stereocenters. The van der Waals surface area contributed by atoms with Crippen LogP contribution in [-0.2, 0) is 36.0 Å². The number of carbonyl (C=O) groups excluding carboxylic acids is 4. The maximum atomic E-state index is 14.9. The number of carbonyl (C=O) groups is 5. The lowest BCUT2D eigenvalue weighted by atomic mass is 9.50. The first-order valence-corrected chi connectivity index (χ1v) is 15.6. The molecular formula is C34H29ClFN3O8. The van der Waals surface area contributed by atoms with Gasteiger partial charge in [0.15, 0.2) is 0 Å². The van der Waals surface area contributed by atoms with Crippen molar-refractivity contribution in [3.8, 4) is 0 Å². The van der Waals surface area contributed by atoms with Gasteiger partial charge in [-0.1, -0.05) is 35.4 Å². The van der Waals surface area contributed by atoms with Crippen LogP contribution in [0.25, 0.3) is 0 Å². The first-order chi connectivity index (χ1) is 22.6. The van der Waals surface area contributed by atoms with Crippen molar-refractivity contribution in [1.82, 2.24) is 9.91 Å². The zero-order valence-corrected chi connectivity index (χ0v) is 25.5. The average molecular weight is 662 g/mol. The summed E-state index contributed by atoms with van der Waals surface area (Å²) in [5.74, 6) is -7.61. The largest absolute Gasteiger partial charge is 0.481 e. The van der Waals surface area contributed by atoms with Gasteiger partial charge in [0.1, 0.15) is 29.4 Å². The van der Waals surface area contributed by atoms with Gasteiger partial charge in [-0.3, -0.25) is 34.3 Å². The number of benzene rings is 2. The lowest BCUT2D eigenvalue weighted by Crippen LogP contribution is -2.53. The van der Waals surface area contributed by atoms with E-state index in [1.54, 1.807) is 36.4 Å². The maximum absolute atomic E-state index is 14.9. The highest BCUT2D eigenvalue weighted by Crippen LogP contribution is 2.64. The Kier molecular flexibility index (Phi) is 7.52. The van der Waals surface area contributed by atoms with Gasteiger partial charge in [0.25, 0.3) is 11.8 Å². The number of anilines is 1. The number of carboxylic acids is 1. The van der Waals surface area contributed by atoms with Crippen molar-refractivity contribution in [1.29, 1.82) is 0 Å². The van der Waals surface area contributed by atoms with Crippen molar-refractivity contribution in [3.63, 3.8) is 0 Å². The second-order valence-electron chi connectivity index (χ2n) is 12.3. The number of rotatable bonds is 8. The Hall–Kier alpha value is -4.81. The van der Waals surface area contributed by atoms with E-state index in [-0.39, 0.29) is 36.6 Å². The maximum Gasteiger partial charge on any atom is 0.305 e. The molecule has 0 radical (unpaired) electrons. The third-order valence-corrected chi connectivity index (χ3v) is 10.3. The SMILES string of the molecule is O=C(O)CCN1C(=O)C2CC=C3C(CC4C(=O)N(Nc5ccc(F)cc5)C(=O)C4(c4ccc(Cl)cc4)C3c3ccc(CO)o3)C2C1=O. The predicted molar refractivity (Wildman–Crippen MR) is 163 cm³/mol. The van der Waals surface area contributed by atoms with Crippen LogP contribution >= 0.6 is 11.6 Å². The summed E-state index contributed by atoms with van der Waals surface area (Å²) < 4.78 is 19.8. The van der Waals surface area contributed by atoms with Crippen LogP contribution in [0, 0.1) is 29.5 Å². The molecule has 7 rings (SSSR count). The second kappa shape index (κ2) is 11.5. The fourth-order valence-corrected chi connectivity index (χ4v) is 8.22. The lowest BCUT2D eigenvalue weighted by Gasteiger charge is -2.49. The van der Waals surface area contributed by atoms with Gasteiger partial charge < -0.3 is 14.6 Å². The molecule has 2 aliphatic carbocycles. The summed E-state index contributed by atoms with van der Waals surface area (Å²) in [5.41, 5.74) is 2.66. The van der Waals surface area contributed by atoms with Crippen molar-refractivity contribution < 1.29 is 43.0 Å². The Morgan fingerprint density at radius 1 is 0.979 bits per heavy atom. The summed E-state index contributed by atoms with van der Waals surface area (Å²) in [7, 11) is 0. The summed E-state index contributed by atoms with van der Waals surface area (Å²) in [6, 6.07) is 15.0. The summed E-state index contributed by atoms with van der Waals surface area (Å²) in [6.45, 7) is -0.692.